The van der Waals surface area contributed by atoms with Gasteiger partial charge in [0.05, 0.1) is 22.2 Å². The van der Waals surface area contributed by atoms with Crippen molar-refractivity contribution >= 4 is 27.3 Å². The highest BCUT2D eigenvalue weighted by Crippen LogP contribution is 2.26. The minimum Gasteiger partial charge on any atom is -0.397 e. The highest BCUT2D eigenvalue weighted by Gasteiger charge is 2.05. The van der Waals surface area contributed by atoms with Gasteiger partial charge >= 0.3 is 0 Å². The molecule has 0 spiro atoms. The molecular weight excluding hydrogens is 287 g/mol. The number of aromatic amines is 1. The molecule has 0 saturated heterocycles. The van der Waals surface area contributed by atoms with Crippen LogP contribution in [-0.2, 0) is 6.42 Å². The third-order valence-electron chi connectivity index (χ3n) is 2.36. The number of H-pyrrole nitrogens is 1. The van der Waals surface area contributed by atoms with E-state index in [9.17, 15) is 4.39 Å². The molecule has 0 unspecified atom stereocenters. The second-order valence-corrected chi connectivity index (χ2v) is 4.46. The summed E-state index contributed by atoms with van der Waals surface area (Å²) in [5, 5.41) is 3.15. The van der Waals surface area contributed by atoms with E-state index >= 15 is 0 Å². The molecule has 17 heavy (non-hydrogen) atoms. The van der Waals surface area contributed by atoms with Crippen LogP contribution in [0, 0.1) is 5.82 Å². The van der Waals surface area contributed by atoms with Crippen molar-refractivity contribution < 1.29 is 4.39 Å². The van der Waals surface area contributed by atoms with Gasteiger partial charge in [-0.05, 0) is 22.0 Å². The molecule has 0 aliphatic rings. The molecule has 1 heterocycles. The average molecular weight is 299 g/mol. The van der Waals surface area contributed by atoms with Crippen LogP contribution in [0.3, 0.4) is 0 Å². The minimum absolute atomic E-state index is 0.360. The van der Waals surface area contributed by atoms with Crippen LogP contribution in [0.15, 0.2) is 29.1 Å². The van der Waals surface area contributed by atoms with Gasteiger partial charge < -0.3 is 16.0 Å². The van der Waals surface area contributed by atoms with Crippen molar-refractivity contribution in [3.05, 3.63) is 40.6 Å². The smallest absolute Gasteiger partial charge is 0.139 e. The summed E-state index contributed by atoms with van der Waals surface area (Å²) in [4.78, 5) is 6.93. The fourth-order valence-electron chi connectivity index (χ4n) is 1.47. The summed E-state index contributed by atoms with van der Waals surface area (Å²) >= 11 is 3.12. The molecule has 0 fully saturated rings. The number of nitrogens with zero attached hydrogens (tertiary/aromatic N) is 1. The summed E-state index contributed by atoms with van der Waals surface area (Å²) in [5.41, 5.74) is 7.86. The van der Waals surface area contributed by atoms with Gasteiger partial charge in [0.2, 0.25) is 0 Å². The Morgan fingerprint density at radius 1 is 1.47 bits per heavy atom. The van der Waals surface area contributed by atoms with E-state index in [4.69, 9.17) is 5.73 Å². The quantitative estimate of drug-likeness (QED) is 0.760. The predicted molar refractivity (Wildman–Crippen MR) is 69.3 cm³/mol. The molecule has 0 radical (unpaired) electrons. The zero-order valence-corrected chi connectivity index (χ0v) is 10.6. The molecular formula is C11H12BrFN4. The Labute approximate surface area is 107 Å². The Morgan fingerprint density at radius 2 is 2.29 bits per heavy atom. The minimum atomic E-state index is -0.360. The molecule has 0 saturated carbocycles. The Morgan fingerprint density at radius 3 is 3.00 bits per heavy atom. The summed E-state index contributed by atoms with van der Waals surface area (Å²) in [6, 6.07) is 2.93. The first-order chi connectivity index (χ1) is 8.16. The van der Waals surface area contributed by atoms with Crippen LogP contribution >= 0.6 is 15.9 Å². The van der Waals surface area contributed by atoms with Crippen molar-refractivity contribution in [3.63, 3.8) is 0 Å². The number of anilines is 2. The monoisotopic (exact) mass is 298 g/mol. The van der Waals surface area contributed by atoms with E-state index in [1.54, 1.807) is 18.6 Å². The SMILES string of the molecule is Nc1cc(F)c(Br)cc1NCCc1cnc[nH]1. The van der Waals surface area contributed by atoms with Crippen LogP contribution in [0.2, 0.25) is 0 Å². The standard InChI is InChI=1S/C11H12BrFN4/c12-8-3-11(10(14)4-9(8)13)16-2-1-7-5-15-6-17-7/h3-6,16H,1-2,14H2,(H,15,17). The lowest BCUT2D eigenvalue weighted by Crippen LogP contribution is -2.07. The topological polar surface area (TPSA) is 66.7 Å². The Bertz CT molecular complexity index is 498. The molecule has 4 nitrogen and oxygen atoms in total. The number of nitrogens with one attached hydrogen (secondary N) is 2. The molecule has 0 aliphatic heterocycles. The molecule has 0 amide bonds. The summed E-state index contributed by atoms with van der Waals surface area (Å²) < 4.78 is 13.5. The van der Waals surface area contributed by atoms with Crippen LogP contribution in [0.25, 0.3) is 0 Å². The van der Waals surface area contributed by atoms with Crippen molar-refractivity contribution in [3.8, 4) is 0 Å². The van der Waals surface area contributed by atoms with E-state index in [-0.39, 0.29) is 5.82 Å². The maximum Gasteiger partial charge on any atom is 0.139 e. The van der Waals surface area contributed by atoms with Gasteiger partial charge in [0.15, 0.2) is 0 Å². The lowest BCUT2D eigenvalue weighted by Gasteiger charge is -2.09. The number of nitrogen functional groups attached to an aromatic ring is 1. The van der Waals surface area contributed by atoms with Gasteiger partial charge in [0, 0.05) is 30.9 Å². The summed E-state index contributed by atoms with van der Waals surface area (Å²) in [6.07, 6.45) is 4.21. The first-order valence-corrected chi connectivity index (χ1v) is 5.92. The van der Waals surface area contributed by atoms with E-state index in [2.05, 4.69) is 31.2 Å². The van der Waals surface area contributed by atoms with Crippen LogP contribution in [0.1, 0.15) is 5.69 Å². The number of nitrogens with two attached hydrogens (primary N) is 1. The van der Waals surface area contributed by atoms with E-state index in [1.165, 1.54) is 6.07 Å². The lowest BCUT2D eigenvalue weighted by atomic mass is 10.2. The first kappa shape index (κ1) is 11.9. The maximum atomic E-state index is 13.1. The van der Waals surface area contributed by atoms with E-state index in [0.717, 1.165) is 17.8 Å². The average Bonchev–Trinajstić information content (AvgIpc) is 2.78. The Kier molecular flexibility index (Phi) is 3.63. The molecule has 0 aliphatic carbocycles. The van der Waals surface area contributed by atoms with Crippen molar-refractivity contribution in [2.24, 2.45) is 0 Å². The summed E-state index contributed by atoms with van der Waals surface area (Å²) in [6.45, 7) is 0.699. The zero-order valence-electron chi connectivity index (χ0n) is 9.00. The first-order valence-electron chi connectivity index (χ1n) is 5.12. The second kappa shape index (κ2) is 5.18. The largest absolute Gasteiger partial charge is 0.397 e. The van der Waals surface area contributed by atoms with Gasteiger partial charge in [-0.15, -0.1) is 0 Å². The molecule has 6 heteroatoms. The predicted octanol–water partition coefficient (Wildman–Crippen LogP) is 2.55. The molecule has 4 N–H and O–H groups in total. The Balaban J connectivity index is 1.97. The van der Waals surface area contributed by atoms with Crippen LogP contribution < -0.4 is 11.1 Å². The van der Waals surface area contributed by atoms with Crippen LogP contribution in [0.5, 0.6) is 0 Å². The number of benzene rings is 1. The van der Waals surface area contributed by atoms with Gasteiger partial charge in [-0.2, -0.15) is 0 Å². The molecule has 2 rings (SSSR count). The number of halogens is 2. The van der Waals surface area contributed by atoms with Gasteiger partial charge in [0.1, 0.15) is 5.82 Å². The fourth-order valence-corrected chi connectivity index (χ4v) is 1.81. The normalized spacial score (nSPS) is 10.5. The van der Waals surface area contributed by atoms with E-state index in [0.29, 0.717) is 16.7 Å². The summed E-state index contributed by atoms with van der Waals surface area (Å²) in [5.74, 6) is -0.360. The molecule has 1 aromatic heterocycles. The lowest BCUT2D eigenvalue weighted by molar-refractivity contribution is 0.622. The second-order valence-electron chi connectivity index (χ2n) is 3.61. The summed E-state index contributed by atoms with van der Waals surface area (Å²) in [7, 11) is 0. The van der Waals surface area contributed by atoms with E-state index < -0.39 is 0 Å². The van der Waals surface area contributed by atoms with Gasteiger partial charge in [-0.3, -0.25) is 0 Å². The number of imidazole rings is 1. The van der Waals surface area contributed by atoms with Crippen LogP contribution in [0.4, 0.5) is 15.8 Å². The number of aromatic nitrogens is 2. The fraction of sp³-hybridized carbons (Fsp3) is 0.182. The van der Waals surface area contributed by atoms with Crippen molar-refractivity contribution in [1.82, 2.24) is 9.97 Å². The molecule has 0 bridgehead atoms. The van der Waals surface area contributed by atoms with Crippen molar-refractivity contribution in [2.75, 3.05) is 17.6 Å². The van der Waals surface area contributed by atoms with Gasteiger partial charge in [-0.25, -0.2) is 9.37 Å². The molecule has 0 atom stereocenters. The van der Waals surface area contributed by atoms with Crippen LogP contribution in [-0.4, -0.2) is 16.5 Å². The number of hydrogen-bond donors (Lipinski definition) is 3. The number of rotatable bonds is 4. The number of hydrogen-bond acceptors (Lipinski definition) is 3. The molecule has 90 valence electrons. The van der Waals surface area contributed by atoms with Crippen molar-refractivity contribution in [2.45, 2.75) is 6.42 Å². The molecule has 1 aromatic carbocycles. The van der Waals surface area contributed by atoms with E-state index in [1.807, 2.05) is 0 Å². The third kappa shape index (κ3) is 2.97. The zero-order chi connectivity index (χ0) is 12.3. The van der Waals surface area contributed by atoms with Crippen molar-refractivity contribution in [1.29, 1.82) is 0 Å². The third-order valence-corrected chi connectivity index (χ3v) is 2.96. The van der Waals surface area contributed by atoms with Gasteiger partial charge in [0.25, 0.3) is 0 Å². The highest BCUT2D eigenvalue weighted by atomic mass is 79.9. The highest BCUT2D eigenvalue weighted by molar-refractivity contribution is 9.10. The molecule has 2 aromatic rings. The maximum absolute atomic E-state index is 13.1. The Hall–Kier alpha value is -1.56. The van der Waals surface area contributed by atoms with Gasteiger partial charge in [-0.1, -0.05) is 0 Å².